The number of benzene rings is 1. The second kappa shape index (κ2) is 5.43. The van der Waals surface area contributed by atoms with E-state index in [0.717, 1.165) is 0 Å². The van der Waals surface area contributed by atoms with Crippen molar-refractivity contribution in [1.29, 1.82) is 0 Å². The summed E-state index contributed by atoms with van der Waals surface area (Å²) in [7, 11) is -3.92. The molecular formula is C12H14ClN3O3S. The molecule has 0 aliphatic heterocycles. The average Bonchev–Trinajstić information content (AvgIpc) is 2.76. The van der Waals surface area contributed by atoms with Gasteiger partial charge >= 0.3 is 0 Å². The van der Waals surface area contributed by atoms with Gasteiger partial charge in [-0.05, 0) is 25.5 Å². The number of aromatic amines is 1. The summed E-state index contributed by atoms with van der Waals surface area (Å²) < 4.78 is 27.1. The van der Waals surface area contributed by atoms with Crippen LogP contribution in [0.5, 0.6) is 0 Å². The highest BCUT2D eigenvalue weighted by atomic mass is 35.5. The van der Waals surface area contributed by atoms with Crippen molar-refractivity contribution in [3.63, 3.8) is 0 Å². The molecule has 2 rings (SSSR count). The van der Waals surface area contributed by atoms with Crippen molar-refractivity contribution in [2.75, 3.05) is 4.72 Å². The molecule has 0 radical (unpaired) electrons. The molecule has 0 spiro atoms. The highest BCUT2D eigenvalue weighted by molar-refractivity contribution is 7.92. The van der Waals surface area contributed by atoms with E-state index in [0.29, 0.717) is 22.0 Å². The van der Waals surface area contributed by atoms with Crippen LogP contribution in [0.4, 0.5) is 5.69 Å². The van der Waals surface area contributed by atoms with Crippen molar-refractivity contribution < 1.29 is 13.5 Å². The zero-order valence-corrected chi connectivity index (χ0v) is 12.5. The lowest BCUT2D eigenvalue weighted by Gasteiger charge is -2.11. The lowest BCUT2D eigenvalue weighted by Crippen LogP contribution is -2.16. The van der Waals surface area contributed by atoms with Crippen molar-refractivity contribution in [2.45, 2.75) is 25.5 Å². The molecule has 3 N–H and O–H groups in total. The minimum atomic E-state index is -3.92. The second-order valence-electron chi connectivity index (χ2n) is 4.33. The number of aliphatic hydroxyl groups excluding tert-OH is 1. The van der Waals surface area contributed by atoms with Crippen LogP contribution in [0, 0.1) is 13.8 Å². The van der Waals surface area contributed by atoms with Gasteiger partial charge in [0, 0.05) is 11.3 Å². The van der Waals surface area contributed by atoms with E-state index >= 15 is 0 Å². The van der Waals surface area contributed by atoms with Crippen LogP contribution in [0.1, 0.15) is 16.8 Å². The van der Waals surface area contributed by atoms with Gasteiger partial charge in [0.2, 0.25) is 5.03 Å². The summed E-state index contributed by atoms with van der Waals surface area (Å²) in [6.45, 7) is 2.96. The van der Waals surface area contributed by atoms with Gasteiger partial charge in [0.1, 0.15) is 0 Å². The molecule has 108 valence electrons. The third-order valence-electron chi connectivity index (χ3n) is 2.91. The van der Waals surface area contributed by atoms with Crippen LogP contribution >= 0.6 is 11.6 Å². The number of rotatable bonds is 4. The SMILES string of the molecule is Cc1cccc(Cl)c1NS(=O)(=O)c1n[nH]c(C)c1CO. The molecule has 8 heteroatoms. The predicted molar refractivity (Wildman–Crippen MR) is 76.2 cm³/mol. The molecule has 1 heterocycles. The minimum Gasteiger partial charge on any atom is -0.392 e. The van der Waals surface area contributed by atoms with Crippen molar-refractivity contribution in [3.8, 4) is 0 Å². The van der Waals surface area contributed by atoms with Crippen molar-refractivity contribution in [3.05, 3.63) is 40.0 Å². The van der Waals surface area contributed by atoms with Crippen LogP contribution in [0.25, 0.3) is 0 Å². The average molecular weight is 316 g/mol. The number of hydrogen-bond acceptors (Lipinski definition) is 4. The normalized spacial score (nSPS) is 11.6. The van der Waals surface area contributed by atoms with Gasteiger partial charge in [0.05, 0.1) is 17.3 Å². The zero-order valence-electron chi connectivity index (χ0n) is 10.9. The molecule has 0 amide bonds. The number of para-hydroxylation sites is 1. The molecule has 1 aromatic carbocycles. The van der Waals surface area contributed by atoms with Crippen molar-refractivity contribution in [1.82, 2.24) is 10.2 Å². The van der Waals surface area contributed by atoms with Gasteiger partial charge in [0.15, 0.2) is 0 Å². The summed E-state index contributed by atoms with van der Waals surface area (Å²) in [6, 6.07) is 5.06. The Kier molecular flexibility index (Phi) is 4.03. The number of aromatic nitrogens is 2. The van der Waals surface area contributed by atoms with E-state index in [2.05, 4.69) is 14.9 Å². The third-order valence-corrected chi connectivity index (χ3v) is 4.54. The monoisotopic (exact) mass is 315 g/mol. The maximum atomic E-state index is 12.3. The van der Waals surface area contributed by atoms with E-state index in [9.17, 15) is 13.5 Å². The number of aryl methyl sites for hydroxylation is 2. The Bertz CT molecular complexity index is 720. The molecule has 1 aromatic heterocycles. The van der Waals surface area contributed by atoms with E-state index in [1.54, 1.807) is 32.0 Å². The molecule has 0 unspecified atom stereocenters. The quantitative estimate of drug-likeness (QED) is 0.804. The third kappa shape index (κ3) is 2.65. The molecule has 0 atom stereocenters. The van der Waals surface area contributed by atoms with Gasteiger partial charge in [-0.2, -0.15) is 13.5 Å². The van der Waals surface area contributed by atoms with Crippen LogP contribution in [-0.2, 0) is 16.6 Å². The van der Waals surface area contributed by atoms with Gasteiger partial charge in [0.25, 0.3) is 10.0 Å². The first-order valence-corrected chi connectivity index (χ1v) is 7.65. The summed E-state index contributed by atoms with van der Waals surface area (Å²) in [6.07, 6.45) is 0. The number of sulfonamides is 1. The van der Waals surface area contributed by atoms with Crippen LogP contribution < -0.4 is 4.72 Å². The van der Waals surface area contributed by atoms with Gasteiger partial charge in [-0.3, -0.25) is 9.82 Å². The summed E-state index contributed by atoms with van der Waals surface area (Å²) >= 11 is 6.00. The van der Waals surface area contributed by atoms with Gasteiger partial charge in [-0.25, -0.2) is 0 Å². The molecule has 0 bridgehead atoms. The first kappa shape index (κ1) is 14.8. The summed E-state index contributed by atoms with van der Waals surface area (Å²) in [4.78, 5) is 0. The number of halogens is 1. The van der Waals surface area contributed by atoms with E-state index in [1.807, 2.05) is 0 Å². The first-order valence-electron chi connectivity index (χ1n) is 5.79. The number of anilines is 1. The van der Waals surface area contributed by atoms with Crippen molar-refractivity contribution in [2.24, 2.45) is 0 Å². The fourth-order valence-corrected chi connectivity index (χ4v) is 3.45. The van der Waals surface area contributed by atoms with E-state index < -0.39 is 16.6 Å². The molecule has 0 aliphatic carbocycles. The molecule has 0 saturated heterocycles. The summed E-state index contributed by atoms with van der Waals surface area (Å²) in [5.74, 6) is 0. The van der Waals surface area contributed by atoms with Gasteiger partial charge < -0.3 is 5.11 Å². The Hall–Kier alpha value is -1.57. The van der Waals surface area contributed by atoms with Crippen LogP contribution in [0.3, 0.4) is 0 Å². The smallest absolute Gasteiger partial charge is 0.281 e. The highest BCUT2D eigenvalue weighted by Gasteiger charge is 2.24. The number of hydrogen-bond donors (Lipinski definition) is 3. The van der Waals surface area contributed by atoms with Crippen molar-refractivity contribution >= 4 is 27.3 Å². The van der Waals surface area contributed by atoms with E-state index in [1.165, 1.54) is 0 Å². The number of aliphatic hydroxyl groups is 1. The summed E-state index contributed by atoms with van der Waals surface area (Å²) in [5.41, 5.74) is 1.74. The Morgan fingerprint density at radius 2 is 2.10 bits per heavy atom. The molecule has 0 aliphatic rings. The largest absolute Gasteiger partial charge is 0.392 e. The Morgan fingerprint density at radius 1 is 1.40 bits per heavy atom. The van der Waals surface area contributed by atoms with Gasteiger partial charge in [-0.1, -0.05) is 23.7 Å². The Labute approximate surface area is 121 Å². The maximum Gasteiger partial charge on any atom is 0.281 e. The fraction of sp³-hybridized carbons (Fsp3) is 0.250. The molecule has 2 aromatic rings. The molecule has 0 saturated carbocycles. The van der Waals surface area contributed by atoms with E-state index in [4.69, 9.17) is 11.6 Å². The second-order valence-corrected chi connectivity index (χ2v) is 6.33. The zero-order chi connectivity index (χ0) is 14.9. The maximum absolute atomic E-state index is 12.3. The van der Waals surface area contributed by atoms with Gasteiger partial charge in [-0.15, -0.1) is 0 Å². The Balaban J connectivity index is 2.46. The van der Waals surface area contributed by atoms with Crippen LogP contribution in [0.2, 0.25) is 5.02 Å². The summed E-state index contributed by atoms with van der Waals surface area (Å²) in [5, 5.41) is 15.6. The lowest BCUT2D eigenvalue weighted by atomic mass is 10.2. The molecule has 6 nitrogen and oxygen atoms in total. The Morgan fingerprint density at radius 3 is 2.70 bits per heavy atom. The predicted octanol–water partition coefficient (Wildman–Crippen LogP) is 1.97. The number of H-pyrrole nitrogens is 1. The first-order chi connectivity index (χ1) is 9.36. The lowest BCUT2D eigenvalue weighted by molar-refractivity contribution is 0.277. The topological polar surface area (TPSA) is 95.1 Å². The van der Waals surface area contributed by atoms with Crippen LogP contribution in [0.15, 0.2) is 23.2 Å². The fourth-order valence-electron chi connectivity index (χ4n) is 1.78. The molecule has 20 heavy (non-hydrogen) atoms. The molecule has 0 fully saturated rings. The number of nitrogens with zero attached hydrogens (tertiary/aromatic N) is 1. The highest BCUT2D eigenvalue weighted by Crippen LogP contribution is 2.28. The standard InChI is InChI=1S/C12H14ClN3O3S/c1-7-4-3-5-10(13)11(7)16-20(18,19)12-9(6-17)8(2)14-15-12/h3-5,16-17H,6H2,1-2H3,(H,14,15). The van der Waals surface area contributed by atoms with Crippen LogP contribution in [-0.4, -0.2) is 23.7 Å². The minimum absolute atomic E-state index is 0.225. The number of nitrogens with one attached hydrogen (secondary N) is 2. The molecular weight excluding hydrogens is 302 g/mol. The van der Waals surface area contributed by atoms with E-state index in [-0.39, 0.29) is 10.6 Å².